The zero-order chi connectivity index (χ0) is 13.1. The summed E-state index contributed by atoms with van der Waals surface area (Å²) in [5, 5.41) is 3.49. The molecule has 0 spiro atoms. The Morgan fingerprint density at radius 3 is 2.56 bits per heavy atom. The summed E-state index contributed by atoms with van der Waals surface area (Å²) in [5.41, 5.74) is 0.713. The summed E-state index contributed by atoms with van der Waals surface area (Å²) in [6, 6.07) is 5.36. The number of halogens is 2. The second-order valence-corrected chi connectivity index (χ2v) is 5.84. The standard InChI is InChI=1S/C15H21ClFN/c1-10-6-8-11(9-7-10)15(18-2)12-4-3-5-13(16)14(12)17/h3-5,10-11,15,18H,6-9H2,1-2H3. The fourth-order valence-corrected chi connectivity index (χ4v) is 3.21. The molecule has 0 heterocycles. The first-order valence-electron chi connectivity index (χ1n) is 6.74. The van der Waals surface area contributed by atoms with Crippen LogP contribution in [-0.4, -0.2) is 7.05 Å². The molecule has 1 aromatic rings. The lowest BCUT2D eigenvalue weighted by Gasteiger charge is -2.33. The zero-order valence-electron chi connectivity index (χ0n) is 11.0. The quantitative estimate of drug-likeness (QED) is 0.848. The van der Waals surface area contributed by atoms with Crippen LogP contribution in [0.5, 0.6) is 0 Å². The highest BCUT2D eigenvalue weighted by Crippen LogP contribution is 2.38. The van der Waals surface area contributed by atoms with Crippen molar-refractivity contribution >= 4 is 11.6 Å². The van der Waals surface area contributed by atoms with Gasteiger partial charge >= 0.3 is 0 Å². The molecule has 1 N–H and O–H groups in total. The topological polar surface area (TPSA) is 12.0 Å². The Labute approximate surface area is 114 Å². The molecule has 0 aliphatic heterocycles. The van der Waals surface area contributed by atoms with Gasteiger partial charge < -0.3 is 5.32 Å². The van der Waals surface area contributed by atoms with Gasteiger partial charge in [0.2, 0.25) is 0 Å². The van der Waals surface area contributed by atoms with Crippen molar-refractivity contribution < 1.29 is 4.39 Å². The van der Waals surface area contributed by atoms with E-state index in [1.165, 1.54) is 25.7 Å². The first-order valence-corrected chi connectivity index (χ1v) is 7.12. The predicted molar refractivity (Wildman–Crippen MR) is 74.3 cm³/mol. The van der Waals surface area contributed by atoms with Gasteiger partial charge in [-0.1, -0.05) is 43.5 Å². The molecule has 1 aliphatic rings. The van der Waals surface area contributed by atoms with Crippen molar-refractivity contribution in [1.82, 2.24) is 5.32 Å². The molecule has 0 bridgehead atoms. The van der Waals surface area contributed by atoms with Gasteiger partial charge in [-0.25, -0.2) is 4.39 Å². The lowest BCUT2D eigenvalue weighted by Crippen LogP contribution is -2.29. The number of benzene rings is 1. The van der Waals surface area contributed by atoms with Crippen molar-refractivity contribution in [3.05, 3.63) is 34.6 Å². The summed E-state index contributed by atoms with van der Waals surface area (Å²) < 4.78 is 14.1. The molecule has 0 saturated heterocycles. The zero-order valence-corrected chi connectivity index (χ0v) is 11.8. The summed E-state index contributed by atoms with van der Waals surface area (Å²) >= 11 is 5.87. The van der Waals surface area contributed by atoms with Gasteiger partial charge in [-0.3, -0.25) is 0 Å². The summed E-state index contributed by atoms with van der Waals surface area (Å²) in [6.07, 6.45) is 4.81. The molecular formula is C15H21ClFN. The van der Waals surface area contributed by atoms with Crippen LogP contribution in [0.1, 0.15) is 44.2 Å². The van der Waals surface area contributed by atoms with Crippen LogP contribution in [0.3, 0.4) is 0 Å². The molecule has 1 aliphatic carbocycles. The summed E-state index contributed by atoms with van der Waals surface area (Å²) in [4.78, 5) is 0. The van der Waals surface area contributed by atoms with Gasteiger partial charge in [0.1, 0.15) is 5.82 Å². The molecule has 1 nitrogen and oxygen atoms in total. The Hall–Kier alpha value is -0.600. The Balaban J connectivity index is 2.20. The predicted octanol–water partition coefficient (Wildman–Crippen LogP) is 4.57. The fraction of sp³-hybridized carbons (Fsp3) is 0.600. The SMILES string of the molecule is CNC(c1cccc(Cl)c1F)C1CCC(C)CC1. The van der Waals surface area contributed by atoms with Gasteiger partial charge in [0, 0.05) is 11.6 Å². The fourth-order valence-electron chi connectivity index (χ4n) is 3.03. The maximum absolute atomic E-state index is 14.1. The van der Waals surface area contributed by atoms with E-state index in [4.69, 9.17) is 11.6 Å². The van der Waals surface area contributed by atoms with Crippen molar-refractivity contribution in [2.75, 3.05) is 7.05 Å². The molecule has 3 heteroatoms. The monoisotopic (exact) mass is 269 g/mol. The molecule has 1 atom stereocenters. The van der Waals surface area contributed by atoms with Crippen LogP contribution in [0.4, 0.5) is 4.39 Å². The van der Waals surface area contributed by atoms with E-state index >= 15 is 0 Å². The molecule has 0 amide bonds. The van der Waals surface area contributed by atoms with Gasteiger partial charge in [0.05, 0.1) is 5.02 Å². The molecule has 1 aromatic carbocycles. The summed E-state index contributed by atoms with van der Waals surface area (Å²) in [5.74, 6) is 1.05. The highest BCUT2D eigenvalue weighted by molar-refractivity contribution is 6.30. The lowest BCUT2D eigenvalue weighted by molar-refractivity contribution is 0.235. The van der Waals surface area contributed by atoms with Gasteiger partial charge in [-0.05, 0) is 37.8 Å². The Kier molecular flexibility index (Phi) is 4.63. The van der Waals surface area contributed by atoms with Crippen molar-refractivity contribution in [3.8, 4) is 0 Å². The highest BCUT2D eigenvalue weighted by atomic mass is 35.5. The van der Waals surface area contributed by atoms with Crippen molar-refractivity contribution in [1.29, 1.82) is 0 Å². The van der Waals surface area contributed by atoms with Gasteiger partial charge in [-0.15, -0.1) is 0 Å². The van der Waals surface area contributed by atoms with Crippen LogP contribution in [0.2, 0.25) is 5.02 Å². The Bertz CT molecular complexity index is 399. The molecule has 100 valence electrons. The number of hydrogen-bond donors (Lipinski definition) is 1. The minimum Gasteiger partial charge on any atom is -0.313 e. The molecule has 1 fully saturated rings. The third-order valence-electron chi connectivity index (χ3n) is 4.16. The van der Waals surface area contributed by atoms with E-state index in [1.807, 2.05) is 19.2 Å². The second-order valence-electron chi connectivity index (χ2n) is 5.43. The third-order valence-corrected chi connectivity index (χ3v) is 4.45. The average molecular weight is 270 g/mol. The smallest absolute Gasteiger partial charge is 0.146 e. The first-order chi connectivity index (χ1) is 8.63. The lowest BCUT2D eigenvalue weighted by atomic mass is 9.77. The van der Waals surface area contributed by atoms with Crippen LogP contribution < -0.4 is 5.32 Å². The van der Waals surface area contributed by atoms with Crippen LogP contribution in [-0.2, 0) is 0 Å². The molecule has 1 unspecified atom stereocenters. The second kappa shape index (κ2) is 6.03. The van der Waals surface area contributed by atoms with E-state index < -0.39 is 0 Å². The van der Waals surface area contributed by atoms with Crippen LogP contribution in [0.25, 0.3) is 0 Å². The van der Waals surface area contributed by atoms with Gasteiger partial charge in [0.15, 0.2) is 0 Å². The summed E-state index contributed by atoms with van der Waals surface area (Å²) in [7, 11) is 1.91. The van der Waals surface area contributed by atoms with Gasteiger partial charge in [-0.2, -0.15) is 0 Å². The molecule has 0 aromatic heterocycles. The maximum atomic E-state index is 14.1. The first kappa shape index (κ1) is 13.8. The van der Waals surface area contributed by atoms with E-state index in [-0.39, 0.29) is 16.9 Å². The van der Waals surface area contributed by atoms with Crippen LogP contribution >= 0.6 is 11.6 Å². The minimum atomic E-state index is -0.267. The largest absolute Gasteiger partial charge is 0.313 e. The van der Waals surface area contributed by atoms with E-state index in [0.717, 1.165) is 5.92 Å². The van der Waals surface area contributed by atoms with Crippen LogP contribution in [0.15, 0.2) is 18.2 Å². The van der Waals surface area contributed by atoms with E-state index in [1.54, 1.807) is 6.07 Å². The van der Waals surface area contributed by atoms with E-state index in [9.17, 15) is 4.39 Å². The molecule has 0 radical (unpaired) electrons. The number of rotatable bonds is 3. The highest BCUT2D eigenvalue weighted by Gasteiger charge is 2.28. The number of hydrogen-bond acceptors (Lipinski definition) is 1. The molecule has 1 saturated carbocycles. The van der Waals surface area contributed by atoms with Crippen molar-refractivity contribution in [2.45, 2.75) is 38.6 Å². The van der Waals surface area contributed by atoms with Crippen LogP contribution in [0, 0.1) is 17.7 Å². The maximum Gasteiger partial charge on any atom is 0.146 e. The molecule has 18 heavy (non-hydrogen) atoms. The summed E-state index contributed by atoms with van der Waals surface area (Å²) in [6.45, 7) is 2.30. The normalized spacial score (nSPS) is 26.0. The van der Waals surface area contributed by atoms with Gasteiger partial charge in [0.25, 0.3) is 0 Å². The average Bonchev–Trinajstić information content (AvgIpc) is 2.37. The minimum absolute atomic E-state index is 0.0798. The number of nitrogens with one attached hydrogen (secondary N) is 1. The Morgan fingerprint density at radius 2 is 1.94 bits per heavy atom. The van der Waals surface area contributed by atoms with E-state index in [2.05, 4.69) is 12.2 Å². The third kappa shape index (κ3) is 2.86. The van der Waals surface area contributed by atoms with E-state index in [0.29, 0.717) is 11.5 Å². The molecular weight excluding hydrogens is 249 g/mol. The molecule has 2 rings (SSSR count). The Morgan fingerprint density at radius 1 is 1.28 bits per heavy atom. The van der Waals surface area contributed by atoms with Crippen molar-refractivity contribution in [2.24, 2.45) is 11.8 Å². The van der Waals surface area contributed by atoms with Crippen molar-refractivity contribution in [3.63, 3.8) is 0 Å².